The van der Waals surface area contributed by atoms with Gasteiger partial charge in [-0.15, -0.1) is 0 Å². The molecule has 2 nitrogen and oxygen atoms in total. The number of nitrogens with two attached hydrogens (primary N) is 1. The van der Waals surface area contributed by atoms with E-state index in [0.717, 1.165) is 16.9 Å². The Balaban J connectivity index is 2.51. The van der Waals surface area contributed by atoms with Gasteiger partial charge in [-0.25, -0.2) is 4.39 Å². The van der Waals surface area contributed by atoms with E-state index in [2.05, 4.69) is 0 Å². The lowest BCUT2D eigenvalue weighted by Crippen LogP contribution is -1.99. The summed E-state index contributed by atoms with van der Waals surface area (Å²) in [4.78, 5) is 0. The SMILES string of the molecule is COCCSCc1cc(CN)ccc1F. The van der Waals surface area contributed by atoms with Crippen LogP contribution in [0.1, 0.15) is 11.1 Å². The Hall–Kier alpha value is -0.580. The highest BCUT2D eigenvalue weighted by Gasteiger charge is 2.03. The first-order valence-electron chi connectivity index (χ1n) is 4.82. The monoisotopic (exact) mass is 229 g/mol. The molecule has 1 aromatic rings. The molecule has 0 aromatic heterocycles. The van der Waals surface area contributed by atoms with Crippen molar-refractivity contribution in [3.63, 3.8) is 0 Å². The van der Waals surface area contributed by atoms with Crippen LogP contribution in [0.4, 0.5) is 4.39 Å². The molecule has 0 radical (unpaired) electrons. The van der Waals surface area contributed by atoms with Crippen LogP contribution in [0.5, 0.6) is 0 Å². The van der Waals surface area contributed by atoms with E-state index in [0.29, 0.717) is 18.9 Å². The molecule has 0 heterocycles. The van der Waals surface area contributed by atoms with Crippen LogP contribution in [0.2, 0.25) is 0 Å². The highest BCUT2D eigenvalue weighted by molar-refractivity contribution is 7.98. The fourth-order valence-corrected chi connectivity index (χ4v) is 2.06. The number of methoxy groups -OCH3 is 1. The van der Waals surface area contributed by atoms with E-state index < -0.39 is 0 Å². The van der Waals surface area contributed by atoms with Crippen molar-refractivity contribution in [3.8, 4) is 0 Å². The number of hydrogen-bond donors (Lipinski definition) is 1. The summed E-state index contributed by atoms with van der Waals surface area (Å²) in [5.41, 5.74) is 7.19. The highest BCUT2D eigenvalue weighted by atomic mass is 32.2. The Morgan fingerprint density at radius 3 is 2.93 bits per heavy atom. The van der Waals surface area contributed by atoms with Crippen molar-refractivity contribution in [2.45, 2.75) is 12.3 Å². The molecular weight excluding hydrogens is 213 g/mol. The van der Waals surface area contributed by atoms with Crippen molar-refractivity contribution in [2.75, 3.05) is 19.5 Å². The van der Waals surface area contributed by atoms with E-state index in [1.165, 1.54) is 6.07 Å². The number of rotatable bonds is 6. The third-order valence-electron chi connectivity index (χ3n) is 2.04. The number of ether oxygens (including phenoxy) is 1. The first-order chi connectivity index (χ1) is 7.27. The minimum Gasteiger partial charge on any atom is -0.384 e. The summed E-state index contributed by atoms with van der Waals surface area (Å²) in [5.74, 6) is 1.39. The maximum Gasteiger partial charge on any atom is 0.127 e. The summed E-state index contributed by atoms with van der Waals surface area (Å²) in [6, 6.07) is 5.03. The third kappa shape index (κ3) is 4.20. The molecule has 15 heavy (non-hydrogen) atoms. The van der Waals surface area contributed by atoms with Gasteiger partial charge in [0.25, 0.3) is 0 Å². The normalized spacial score (nSPS) is 10.6. The molecule has 0 atom stereocenters. The molecular formula is C11H16FNOS. The number of hydrogen-bond acceptors (Lipinski definition) is 3. The van der Waals surface area contributed by atoms with E-state index in [4.69, 9.17) is 10.5 Å². The minimum atomic E-state index is -0.155. The first-order valence-corrected chi connectivity index (χ1v) is 5.97. The zero-order valence-electron chi connectivity index (χ0n) is 8.83. The molecule has 84 valence electrons. The van der Waals surface area contributed by atoms with Crippen LogP contribution in [0.15, 0.2) is 18.2 Å². The molecule has 1 aromatic carbocycles. The van der Waals surface area contributed by atoms with Gasteiger partial charge in [-0.2, -0.15) is 11.8 Å². The second-order valence-corrected chi connectivity index (χ2v) is 4.28. The molecule has 0 aliphatic carbocycles. The fourth-order valence-electron chi connectivity index (χ4n) is 1.19. The van der Waals surface area contributed by atoms with Crippen LogP contribution in [0.3, 0.4) is 0 Å². The van der Waals surface area contributed by atoms with E-state index in [1.54, 1.807) is 24.9 Å². The molecule has 0 bridgehead atoms. The number of benzene rings is 1. The van der Waals surface area contributed by atoms with Crippen LogP contribution in [-0.2, 0) is 17.0 Å². The lowest BCUT2D eigenvalue weighted by atomic mass is 10.1. The average Bonchev–Trinajstić information content (AvgIpc) is 2.26. The summed E-state index contributed by atoms with van der Waals surface area (Å²) in [7, 11) is 1.66. The van der Waals surface area contributed by atoms with Crippen molar-refractivity contribution in [1.29, 1.82) is 0 Å². The predicted molar refractivity (Wildman–Crippen MR) is 62.3 cm³/mol. The van der Waals surface area contributed by atoms with Crippen molar-refractivity contribution in [2.24, 2.45) is 5.73 Å². The molecule has 0 aliphatic heterocycles. The largest absolute Gasteiger partial charge is 0.384 e. The van der Waals surface area contributed by atoms with E-state index in [-0.39, 0.29) is 5.82 Å². The van der Waals surface area contributed by atoms with Gasteiger partial charge in [-0.05, 0) is 17.2 Å². The van der Waals surface area contributed by atoms with Crippen molar-refractivity contribution < 1.29 is 9.13 Å². The lowest BCUT2D eigenvalue weighted by Gasteiger charge is -2.05. The molecule has 1 rings (SSSR count). The van der Waals surface area contributed by atoms with Gasteiger partial charge in [0.15, 0.2) is 0 Å². The summed E-state index contributed by atoms with van der Waals surface area (Å²) in [6.45, 7) is 1.15. The predicted octanol–water partition coefficient (Wildman–Crippen LogP) is 2.16. The summed E-state index contributed by atoms with van der Waals surface area (Å²) < 4.78 is 18.3. The van der Waals surface area contributed by atoms with Crippen LogP contribution >= 0.6 is 11.8 Å². The Bertz CT molecular complexity index is 307. The van der Waals surface area contributed by atoms with Crippen molar-refractivity contribution in [3.05, 3.63) is 35.1 Å². The second kappa shape index (κ2) is 6.82. The van der Waals surface area contributed by atoms with Crippen molar-refractivity contribution >= 4 is 11.8 Å². The van der Waals surface area contributed by atoms with E-state index in [9.17, 15) is 4.39 Å². The molecule has 0 spiro atoms. The molecule has 0 unspecified atom stereocenters. The lowest BCUT2D eigenvalue weighted by molar-refractivity contribution is 0.218. The van der Waals surface area contributed by atoms with Crippen LogP contribution in [0.25, 0.3) is 0 Å². The van der Waals surface area contributed by atoms with Crippen LogP contribution in [-0.4, -0.2) is 19.5 Å². The number of thioether (sulfide) groups is 1. The second-order valence-electron chi connectivity index (χ2n) is 3.18. The maximum atomic E-state index is 13.3. The Kier molecular flexibility index (Phi) is 5.68. The standard InChI is InChI=1S/C11H16FNOS/c1-14-4-5-15-8-10-6-9(7-13)2-3-11(10)12/h2-3,6H,4-5,7-8,13H2,1H3. The van der Waals surface area contributed by atoms with Gasteiger partial charge in [-0.1, -0.05) is 12.1 Å². The molecule has 0 saturated carbocycles. The Labute approximate surface area is 94.0 Å². The zero-order chi connectivity index (χ0) is 11.1. The van der Waals surface area contributed by atoms with Crippen LogP contribution < -0.4 is 5.73 Å². The average molecular weight is 229 g/mol. The molecule has 0 saturated heterocycles. The smallest absolute Gasteiger partial charge is 0.127 e. The zero-order valence-corrected chi connectivity index (χ0v) is 9.65. The van der Waals surface area contributed by atoms with Gasteiger partial charge >= 0.3 is 0 Å². The van der Waals surface area contributed by atoms with Crippen molar-refractivity contribution in [1.82, 2.24) is 0 Å². The molecule has 0 aliphatic rings. The molecule has 2 N–H and O–H groups in total. The summed E-state index contributed by atoms with van der Waals surface area (Å²) in [6.07, 6.45) is 0. The molecule has 0 fully saturated rings. The Morgan fingerprint density at radius 1 is 1.47 bits per heavy atom. The van der Waals surface area contributed by atoms with Gasteiger partial charge in [0, 0.05) is 25.2 Å². The fraction of sp³-hybridized carbons (Fsp3) is 0.455. The topological polar surface area (TPSA) is 35.2 Å². The van der Waals surface area contributed by atoms with Crippen LogP contribution in [0, 0.1) is 5.82 Å². The highest BCUT2D eigenvalue weighted by Crippen LogP contribution is 2.17. The first kappa shape index (κ1) is 12.5. The van der Waals surface area contributed by atoms with E-state index in [1.807, 2.05) is 6.07 Å². The maximum absolute atomic E-state index is 13.3. The Morgan fingerprint density at radius 2 is 2.27 bits per heavy atom. The van der Waals surface area contributed by atoms with E-state index >= 15 is 0 Å². The van der Waals surface area contributed by atoms with Gasteiger partial charge in [0.1, 0.15) is 5.82 Å². The minimum absolute atomic E-state index is 0.155. The van der Waals surface area contributed by atoms with Gasteiger partial charge in [-0.3, -0.25) is 0 Å². The van der Waals surface area contributed by atoms with Gasteiger partial charge < -0.3 is 10.5 Å². The van der Waals surface area contributed by atoms with Gasteiger partial charge in [0.2, 0.25) is 0 Å². The van der Waals surface area contributed by atoms with Gasteiger partial charge in [0.05, 0.1) is 6.61 Å². The quantitative estimate of drug-likeness (QED) is 0.759. The third-order valence-corrected chi connectivity index (χ3v) is 3.01. The summed E-state index contributed by atoms with van der Waals surface area (Å²) in [5, 5.41) is 0. The number of halogens is 1. The molecule has 0 amide bonds. The molecule has 4 heteroatoms. The summed E-state index contributed by atoms with van der Waals surface area (Å²) >= 11 is 1.66.